The van der Waals surface area contributed by atoms with Crippen LogP contribution in [0, 0.1) is 0 Å². The van der Waals surface area contributed by atoms with Crippen LogP contribution in [0.2, 0.25) is 0 Å². The van der Waals surface area contributed by atoms with Crippen molar-refractivity contribution < 1.29 is 23.8 Å². The Morgan fingerprint density at radius 3 is 2.24 bits per heavy atom. The lowest BCUT2D eigenvalue weighted by atomic mass is 10.0. The maximum atomic E-state index is 13.7. The highest BCUT2D eigenvalue weighted by molar-refractivity contribution is 6.46. The normalized spacial score (nSPS) is 13.4. The summed E-state index contributed by atoms with van der Waals surface area (Å²) in [4.78, 5) is 28.4. The molecule has 1 heterocycles. The number of methoxy groups -OCH3 is 2. The molecule has 0 saturated carbocycles. The first kappa shape index (κ1) is 22.0. The van der Waals surface area contributed by atoms with E-state index in [9.17, 15) is 9.59 Å². The lowest BCUT2D eigenvalue weighted by molar-refractivity contribution is -0.120. The average Bonchev–Trinajstić information content (AvgIpc) is 3.09. The Labute approximate surface area is 192 Å². The molecular formula is C26H24N2O5. The number of amides is 2. The van der Waals surface area contributed by atoms with Crippen molar-refractivity contribution in [2.45, 2.75) is 6.92 Å². The highest BCUT2D eigenvalue weighted by Crippen LogP contribution is 2.40. The van der Waals surface area contributed by atoms with Gasteiger partial charge in [0, 0.05) is 6.07 Å². The molecule has 0 atom stereocenters. The number of para-hydroxylation sites is 2. The van der Waals surface area contributed by atoms with Gasteiger partial charge in [-0.15, -0.1) is 0 Å². The van der Waals surface area contributed by atoms with Crippen LogP contribution in [0.25, 0.3) is 5.57 Å². The van der Waals surface area contributed by atoms with Crippen molar-refractivity contribution in [2.24, 2.45) is 0 Å². The summed E-state index contributed by atoms with van der Waals surface area (Å²) in [7, 11) is 3.01. The third-order valence-electron chi connectivity index (χ3n) is 5.22. The summed E-state index contributed by atoms with van der Waals surface area (Å²) in [5.41, 5.74) is 1.98. The zero-order chi connectivity index (χ0) is 23.4. The number of ether oxygens (including phenoxy) is 3. The van der Waals surface area contributed by atoms with E-state index in [4.69, 9.17) is 14.2 Å². The second-order valence-corrected chi connectivity index (χ2v) is 7.15. The summed E-state index contributed by atoms with van der Waals surface area (Å²) in [6.07, 6.45) is 0. The Kier molecular flexibility index (Phi) is 6.31. The molecule has 7 nitrogen and oxygen atoms in total. The van der Waals surface area contributed by atoms with E-state index in [1.807, 2.05) is 37.3 Å². The van der Waals surface area contributed by atoms with Crippen LogP contribution >= 0.6 is 0 Å². The molecule has 7 heteroatoms. The smallest absolute Gasteiger partial charge is 0.282 e. The number of anilines is 2. The summed E-state index contributed by atoms with van der Waals surface area (Å²) in [5.74, 6) is 0.537. The monoisotopic (exact) mass is 444 g/mol. The van der Waals surface area contributed by atoms with Gasteiger partial charge in [-0.25, -0.2) is 4.90 Å². The molecule has 3 aromatic rings. The molecule has 0 aromatic heterocycles. The quantitative estimate of drug-likeness (QED) is 0.516. The molecule has 1 N–H and O–H groups in total. The van der Waals surface area contributed by atoms with Gasteiger partial charge >= 0.3 is 0 Å². The van der Waals surface area contributed by atoms with E-state index in [2.05, 4.69) is 5.32 Å². The maximum absolute atomic E-state index is 13.7. The molecule has 0 aliphatic carbocycles. The average molecular weight is 444 g/mol. The molecule has 2 amide bonds. The summed E-state index contributed by atoms with van der Waals surface area (Å²) in [6.45, 7) is 2.35. The van der Waals surface area contributed by atoms with Crippen molar-refractivity contribution in [1.82, 2.24) is 0 Å². The summed E-state index contributed by atoms with van der Waals surface area (Å²) < 4.78 is 16.4. The Bertz CT molecular complexity index is 1220. The van der Waals surface area contributed by atoms with Gasteiger partial charge in [0.15, 0.2) is 0 Å². The minimum absolute atomic E-state index is 0.163. The standard InChI is InChI=1S/C26H24N2O5/c1-4-33-21-13-9-8-12-19(21)27-24-23(17-10-6-5-7-11-17)25(29)28(26(24)30)20-15-14-18(31-2)16-22(20)32-3/h5-16,27H,4H2,1-3H3. The van der Waals surface area contributed by atoms with E-state index in [-0.39, 0.29) is 11.3 Å². The van der Waals surface area contributed by atoms with Crippen LogP contribution in [-0.2, 0) is 9.59 Å². The Morgan fingerprint density at radius 1 is 0.818 bits per heavy atom. The number of benzene rings is 3. The van der Waals surface area contributed by atoms with Gasteiger partial charge in [-0.05, 0) is 36.8 Å². The second-order valence-electron chi connectivity index (χ2n) is 7.15. The van der Waals surface area contributed by atoms with Crippen LogP contribution in [0.5, 0.6) is 17.2 Å². The van der Waals surface area contributed by atoms with Gasteiger partial charge in [0.25, 0.3) is 11.8 Å². The third-order valence-corrected chi connectivity index (χ3v) is 5.22. The molecule has 3 aromatic carbocycles. The number of carbonyl (C=O) groups is 2. The summed E-state index contributed by atoms with van der Waals surface area (Å²) in [6, 6.07) is 21.3. The van der Waals surface area contributed by atoms with E-state index in [1.165, 1.54) is 14.2 Å². The van der Waals surface area contributed by atoms with Gasteiger partial charge in [-0.2, -0.15) is 0 Å². The van der Waals surface area contributed by atoms with Crippen molar-refractivity contribution in [2.75, 3.05) is 31.0 Å². The zero-order valence-corrected chi connectivity index (χ0v) is 18.6. The maximum Gasteiger partial charge on any atom is 0.282 e. The third kappa shape index (κ3) is 4.13. The molecule has 4 rings (SSSR count). The van der Waals surface area contributed by atoms with Crippen LogP contribution in [0.3, 0.4) is 0 Å². The second kappa shape index (κ2) is 9.48. The van der Waals surface area contributed by atoms with E-state index < -0.39 is 11.8 Å². The van der Waals surface area contributed by atoms with Crippen molar-refractivity contribution in [3.63, 3.8) is 0 Å². The number of hydrogen-bond donors (Lipinski definition) is 1. The van der Waals surface area contributed by atoms with Crippen LogP contribution < -0.4 is 24.4 Å². The summed E-state index contributed by atoms with van der Waals surface area (Å²) in [5, 5.41) is 3.16. The van der Waals surface area contributed by atoms with E-state index in [1.54, 1.807) is 42.5 Å². The van der Waals surface area contributed by atoms with Crippen molar-refractivity contribution >= 4 is 28.8 Å². The Balaban J connectivity index is 1.83. The highest BCUT2D eigenvalue weighted by Gasteiger charge is 2.41. The molecule has 0 saturated heterocycles. The molecule has 0 fully saturated rings. The molecule has 0 unspecified atom stereocenters. The molecule has 33 heavy (non-hydrogen) atoms. The van der Waals surface area contributed by atoms with Crippen LogP contribution in [-0.4, -0.2) is 32.6 Å². The number of nitrogens with one attached hydrogen (secondary N) is 1. The highest BCUT2D eigenvalue weighted by atomic mass is 16.5. The van der Waals surface area contributed by atoms with Crippen LogP contribution in [0.1, 0.15) is 12.5 Å². The van der Waals surface area contributed by atoms with Gasteiger partial charge in [-0.3, -0.25) is 9.59 Å². The minimum Gasteiger partial charge on any atom is -0.497 e. The SMILES string of the molecule is CCOc1ccccc1NC1=C(c2ccccc2)C(=O)N(c2ccc(OC)cc2OC)C1=O. The molecule has 0 radical (unpaired) electrons. The lowest BCUT2D eigenvalue weighted by Crippen LogP contribution is -2.32. The predicted molar refractivity (Wildman–Crippen MR) is 127 cm³/mol. The fourth-order valence-electron chi connectivity index (χ4n) is 3.69. The van der Waals surface area contributed by atoms with Crippen LogP contribution in [0.15, 0.2) is 78.5 Å². The first-order valence-electron chi connectivity index (χ1n) is 10.5. The van der Waals surface area contributed by atoms with E-state index in [0.29, 0.717) is 40.8 Å². The number of hydrogen-bond acceptors (Lipinski definition) is 6. The molecule has 1 aliphatic heterocycles. The number of imide groups is 1. The van der Waals surface area contributed by atoms with Crippen molar-refractivity contribution in [1.29, 1.82) is 0 Å². The molecule has 1 aliphatic rings. The lowest BCUT2D eigenvalue weighted by Gasteiger charge is -2.19. The first-order valence-corrected chi connectivity index (χ1v) is 10.5. The largest absolute Gasteiger partial charge is 0.497 e. The molecular weight excluding hydrogens is 420 g/mol. The van der Waals surface area contributed by atoms with Crippen LogP contribution in [0.4, 0.5) is 11.4 Å². The van der Waals surface area contributed by atoms with Crippen molar-refractivity contribution in [3.05, 3.63) is 84.1 Å². The fourth-order valence-corrected chi connectivity index (χ4v) is 3.69. The number of carbonyl (C=O) groups excluding carboxylic acids is 2. The summed E-state index contributed by atoms with van der Waals surface area (Å²) >= 11 is 0. The molecule has 168 valence electrons. The molecule has 0 spiro atoms. The van der Waals surface area contributed by atoms with Gasteiger partial charge in [0.05, 0.1) is 37.8 Å². The fraction of sp³-hybridized carbons (Fsp3) is 0.154. The zero-order valence-electron chi connectivity index (χ0n) is 18.6. The van der Waals surface area contributed by atoms with Gasteiger partial charge in [0.2, 0.25) is 0 Å². The van der Waals surface area contributed by atoms with Gasteiger partial charge < -0.3 is 19.5 Å². The van der Waals surface area contributed by atoms with Gasteiger partial charge in [0.1, 0.15) is 22.9 Å². The first-order chi connectivity index (χ1) is 16.1. The van der Waals surface area contributed by atoms with E-state index >= 15 is 0 Å². The van der Waals surface area contributed by atoms with E-state index in [0.717, 1.165) is 4.90 Å². The topological polar surface area (TPSA) is 77.1 Å². The Hall–Kier alpha value is -4.26. The molecule has 0 bridgehead atoms. The number of rotatable bonds is 8. The van der Waals surface area contributed by atoms with Gasteiger partial charge in [-0.1, -0.05) is 42.5 Å². The number of nitrogens with zero attached hydrogens (tertiary/aromatic N) is 1. The van der Waals surface area contributed by atoms with Crippen molar-refractivity contribution in [3.8, 4) is 17.2 Å². The predicted octanol–water partition coefficient (Wildman–Crippen LogP) is 4.50. The Morgan fingerprint density at radius 2 is 1.55 bits per heavy atom. The minimum atomic E-state index is -0.492.